The summed E-state index contributed by atoms with van der Waals surface area (Å²) in [6, 6.07) is 10.1. The lowest BCUT2D eigenvalue weighted by atomic mass is 9.95. The van der Waals surface area contributed by atoms with Crippen molar-refractivity contribution < 1.29 is 27.5 Å². The minimum Gasteiger partial charge on any atom is -0.497 e. The summed E-state index contributed by atoms with van der Waals surface area (Å²) in [5, 5.41) is 2.10. The maximum Gasteiger partial charge on any atom is 0.417 e. The fourth-order valence-electron chi connectivity index (χ4n) is 3.35. The Kier molecular flexibility index (Phi) is 6.55. The van der Waals surface area contributed by atoms with E-state index < -0.39 is 22.7 Å². The van der Waals surface area contributed by atoms with Crippen LogP contribution in [0.1, 0.15) is 28.8 Å². The summed E-state index contributed by atoms with van der Waals surface area (Å²) in [5.74, 6) is -0.347. The van der Waals surface area contributed by atoms with Crippen LogP contribution in [0, 0.1) is 5.92 Å². The molecular weight excluding hydrogens is 421 g/mol. The number of carbonyl (C=O) groups excluding carboxylic acids is 2. The Hall–Kier alpha value is -2.74. The molecule has 3 rings (SSSR count). The maximum atomic E-state index is 13.0. The average Bonchev–Trinajstić information content (AvgIpc) is 2.74. The molecule has 9 heteroatoms. The lowest BCUT2D eigenvalue weighted by Crippen LogP contribution is -2.41. The molecule has 1 heterocycles. The van der Waals surface area contributed by atoms with Gasteiger partial charge in [0.2, 0.25) is 5.91 Å². The molecule has 0 aliphatic carbocycles. The van der Waals surface area contributed by atoms with Gasteiger partial charge in [-0.25, -0.2) is 0 Å². The standard InChI is InChI=1S/C21H20ClF3N2O3/c1-30-16-4-2-3-14(11-16)20(29)27-9-7-13(8-10-27)19(28)26-15-5-6-18(22)17(12-15)21(23,24)25/h2-6,11-13H,7-10H2,1H3,(H,26,28). The molecule has 5 nitrogen and oxygen atoms in total. The first-order valence-electron chi connectivity index (χ1n) is 9.30. The number of benzene rings is 2. The molecule has 2 aromatic rings. The third kappa shape index (κ3) is 5.05. The predicted molar refractivity (Wildman–Crippen MR) is 107 cm³/mol. The molecule has 160 valence electrons. The number of hydrogen-bond acceptors (Lipinski definition) is 3. The van der Waals surface area contributed by atoms with Gasteiger partial charge in [-0.3, -0.25) is 9.59 Å². The lowest BCUT2D eigenvalue weighted by Gasteiger charge is -2.31. The van der Waals surface area contributed by atoms with Crippen LogP contribution in [-0.4, -0.2) is 36.9 Å². The number of halogens is 4. The summed E-state index contributed by atoms with van der Waals surface area (Å²) in [4.78, 5) is 26.8. The van der Waals surface area contributed by atoms with E-state index in [1.165, 1.54) is 13.2 Å². The zero-order chi connectivity index (χ0) is 21.9. The van der Waals surface area contributed by atoms with Crippen LogP contribution in [0.5, 0.6) is 5.75 Å². The Bertz CT molecular complexity index is 941. The summed E-state index contributed by atoms with van der Waals surface area (Å²) in [5.41, 5.74) is -0.467. The molecule has 1 fully saturated rings. The molecule has 1 saturated heterocycles. The van der Waals surface area contributed by atoms with Crippen LogP contribution in [0.4, 0.5) is 18.9 Å². The number of ether oxygens (including phenoxy) is 1. The number of methoxy groups -OCH3 is 1. The van der Waals surface area contributed by atoms with E-state index in [1.807, 2.05) is 0 Å². The van der Waals surface area contributed by atoms with Crippen LogP contribution in [0.25, 0.3) is 0 Å². The van der Waals surface area contributed by atoms with E-state index in [1.54, 1.807) is 29.2 Å². The normalized spacial score (nSPS) is 15.0. The second-order valence-corrected chi connectivity index (χ2v) is 7.39. The second-order valence-electron chi connectivity index (χ2n) is 6.98. The molecule has 0 atom stereocenters. The highest BCUT2D eigenvalue weighted by Crippen LogP contribution is 2.36. The first kappa shape index (κ1) is 22.0. The monoisotopic (exact) mass is 440 g/mol. The van der Waals surface area contributed by atoms with Crippen molar-refractivity contribution in [2.45, 2.75) is 19.0 Å². The molecule has 0 unspecified atom stereocenters. The Morgan fingerprint density at radius 3 is 2.47 bits per heavy atom. The molecule has 0 radical (unpaired) electrons. The summed E-state index contributed by atoms with van der Waals surface area (Å²) < 4.78 is 44.1. The first-order chi connectivity index (χ1) is 14.2. The van der Waals surface area contributed by atoms with Gasteiger partial charge in [0.05, 0.1) is 17.7 Å². The highest BCUT2D eigenvalue weighted by molar-refractivity contribution is 6.31. The third-order valence-corrected chi connectivity index (χ3v) is 5.34. The molecule has 0 saturated carbocycles. The fourth-order valence-corrected chi connectivity index (χ4v) is 3.57. The zero-order valence-electron chi connectivity index (χ0n) is 16.1. The van der Waals surface area contributed by atoms with E-state index >= 15 is 0 Å². The number of carbonyl (C=O) groups is 2. The van der Waals surface area contributed by atoms with Crippen LogP contribution >= 0.6 is 11.6 Å². The highest BCUT2D eigenvalue weighted by atomic mass is 35.5. The SMILES string of the molecule is COc1cccc(C(=O)N2CCC(C(=O)Nc3ccc(Cl)c(C(F)(F)F)c3)CC2)c1. The Balaban J connectivity index is 1.60. The largest absolute Gasteiger partial charge is 0.497 e. The number of nitrogens with one attached hydrogen (secondary N) is 1. The van der Waals surface area contributed by atoms with Crippen molar-refractivity contribution in [2.75, 3.05) is 25.5 Å². The highest BCUT2D eigenvalue weighted by Gasteiger charge is 2.34. The van der Waals surface area contributed by atoms with Crippen molar-refractivity contribution in [3.05, 3.63) is 58.6 Å². The van der Waals surface area contributed by atoms with E-state index in [9.17, 15) is 22.8 Å². The van der Waals surface area contributed by atoms with E-state index in [0.717, 1.165) is 12.1 Å². The van der Waals surface area contributed by atoms with Crippen LogP contribution in [-0.2, 0) is 11.0 Å². The number of alkyl halides is 3. The van der Waals surface area contributed by atoms with Crippen molar-refractivity contribution in [2.24, 2.45) is 5.92 Å². The maximum absolute atomic E-state index is 13.0. The minimum absolute atomic E-state index is 0.0339. The van der Waals surface area contributed by atoms with E-state index in [4.69, 9.17) is 16.3 Å². The number of likely N-dealkylation sites (tertiary alicyclic amines) is 1. The lowest BCUT2D eigenvalue weighted by molar-refractivity contribution is -0.137. The fraction of sp³-hybridized carbons (Fsp3) is 0.333. The molecule has 2 amide bonds. The Morgan fingerprint density at radius 2 is 1.83 bits per heavy atom. The number of rotatable bonds is 4. The number of hydrogen-bond donors (Lipinski definition) is 1. The minimum atomic E-state index is -4.61. The summed E-state index contributed by atoms with van der Waals surface area (Å²) in [6.45, 7) is 0.755. The molecule has 0 spiro atoms. The van der Waals surface area contributed by atoms with Gasteiger partial charge < -0.3 is 15.0 Å². The quantitative estimate of drug-likeness (QED) is 0.738. The van der Waals surface area contributed by atoms with Crippen molar-refractivity contribution in [3.8, 4) is 5.75 Å². The smallest absolute Gasteiger partial charge is 0.417 e. The van der Waals surface area contributed by atoms with Crippen LogP contribution in [0.15, 0.2) is 42.5 Å². The Morgan fingerprint density at radius 1 is 1.13 bits per heavy atom. The van der Waals surface area contributed by atoms with Gasteiger partial charge in [-0.05, 0) is 49.2 Å². The molecule has 1 aliphatic heterocycles. The third-order valence-electron chi connectivity index (χ3n) is 5.01. The molecule has 2 aromatic carbocycles. The van der Waals surface area contributed by atoms with Gasteiger partial charge in [0, 0.05) is 30.3 Å². The predicted octanol–water partition coefficient (Wildman–Crippen LogP) is 4.86. The van der Waals surface area contributed by atoms with E-state index in [0.29, 0.717) is 37.2 Å². The van der Waals surface area contributed by atoms with Gasteiger partial charge in [-0.15, -0.1) is 0 Å². The molecular formula is C21H20ClF3N2O3. The van der Waals surface area contributed by atoms with Gasteiger partial charge in [0.15, 0.2) is 0 Å². The van der Waals surface area contributed by atoms with Gasteiger partial charge in [-0.2, -0.15) is 13.2 Å². The number of anilines is 1. The van der Waals surface area contributed by atoms with E-state index in [-0.39, 0.29) is 17.5 Å². The zero-order valence-corrected chi connectivity index (χ0v) is 16.9. The molecule has 0 bridgehead atoms. The van der Waals surface area contributed by atoms with Crippen LogP contribution in [0.2, 0.25) is 5.02 Å². The van der Waals surface area contributed by atoms with E-state index in [2.05, 4.69) is 5.32 Å². The van der Waals surface area contributed by atoms with Gasteiger partial charge in [-0.1, -0.05) is 17.7 Å². The van der Waals surface area contributed by atoms with Crippen molar-refractivity contribution in [1.82, 2.24) is 4.90 Å². The first-order valence-corrected chi connectivity index (χ1v) is 9.68. The number of piperidine rings is 1. The number of amides is 2. The summed E-state index contributed by atoms with van der Waals surface area (Å²) in [6.07, 6.45) is -3.77. The van der Waals surface area contributed by atoms with Crippen molar-refractivity contribution >= 4 is 29.1 Å². The molecule has 0 aromatic heterocycles. The summed E-state index contributed by atoms with van der Waals surface area (Å²) >= 11 is 5.60. The van der Waals surface area contributed by atoms with Gasteiger partial charge in [0.25, 0.3) is 5.91 Å². The second kappa shape index (κ2) is 8.95. The van der Waals surface area contributed by atoms with Crippen molar-refractivity contribution in [3.63, 3.8) is 0 Å². The van der Waals surface area contributed by atoms with Gasteiger partial charge in [0.1, 0.15) is 5.75 Å². The summed E-state index contributed by atoms with van der Waals surface area (Å²) in [7, 11) is 1.52. The average molecular weight is 441 g/mol. The molecule has 1 aliphatic rings. The Labute approximate surface area is 176 Å². The number of nitrogens with zero attached hydrogens (tertiary/aromatic N) is 1. The molecule has 1 N–H and O–H groups in total. The topological polar surface area (TPSA) is 58.6 Å². The van der Waals surface area contributed by atoms with Crippen molar-refractivity contribution in [1.29, 1.82) is 0 Å². The molecule has 30 heavy (non-hydrogen) atoms. The van der Waals surface area contributed by atoms with Crippen LogP contribution in [0.3, 0.4) is 0 Å². The van der Waals surface area contributed by atoms with Gasteiger partial charge >= 0.3 is 6.18 Å². The van der Waals surface area contributed by atoms with Crippen LogP contribution < -0.4 is 10.1 Å².